The number of hydrogen-bond donors (Lipinski definition) is 0. The van der Waals surface area contributed by atoms with E-state index in [4.69, 9.17) is 11.6 Å². The van der Waals surface area contributed by atoms with Crippen molar-refractivity contribution in [1.82, 2.24) is 0 Å². The Kier molecular flexibility index (Phi) is 3.73. The highest BCUT2D eigenvalue weighted by atomic mass is 79.9. The standard InChI is InChI=1S/C13H12BrClS/c1-8-4-3-5-10(13(8)15)12(14)11-7-6-9(2)16-11/h3-7,12H,1-2H3. The van der Waals surface area contributed by atoms with E-state index in [0.29, 0.717) is 0 Å². The van der Waals surface area contributed by atoms with Crippen LogP contribution in [-0.4, -0.2) is 0 Å². The van der Waals surface area contributed by atoms with Crippen molar-refractivity contribution in [1.29, 1.82) is 0 Å². The van der Waals surface area contributed by atoms with Crippen molar-refractivity contribution >= 4 is 38.9 Å². The van der Waals surface area contributed by atoms with Gasteiger partial charge in [-0.2, -0.15) is 0 Å². The first-order valence-corrected chi connectivity index (χ1v) is 7.16. The molecular formula is C13H12BrClS. The van der Waals surface area contributed by atoms with E-state index in [1.807, 2.05) is 19.1 Å². The van der Waals surface area contributed by atoms with Crippen LogP contribution in [0.5, 0.6) is 0 Å². The molecule has 2 aromatic rings. The molecule has 0 amide bonds. The highest BCUT2D eigenvalue weighted by molar-refractivity contribution is 9.09. The Morgan fingerprint density at radius 2 is 1.94 bits per heavy atom. The molecular weight excluding hydrogens is 304 g/mol. The van der Waals surface area contributed by atoms with Gasteiger partial charge in [0.05, 0.1) is 4.83 Å². The lowest BCUT2D eigenvalue weighted by Crippen LogP contribution is -1.92. The SMILES string of the molecule is Cc1ccc(C(Br)c2cccc(C)c2Cl)s1. The lowest BCUT2D eigenvalue weighted by atomic mass is 10.1. The van der Waals surface area contributed by atoms with Crippen molar-refractivity contribution in [3.63, 3.8) is 0 Å². The van der Waals surface area contributed by atoms with Gasteiger partial charge in [0.25, 0.3) is 0 Å². The average molecular weight is 316 g/mol. The Balaban J connectivity index is 2.41. The van der Waals surface area contributed by atoms with Gasteiger partial charge in [-0.25, -0.2) is 0 Å². The van der Waals surface area contributed by atoms with Gasteiger partial charge in [0.15, 0.2) is 0 Å². The second kappa shape index (κ2) is 4.91. The second-order valence-corrected chi connectivity index (χ2v) is 6.40. The van der Waals surface area contributed by atoms with Crippen molar-refractivity contribution in [3.05, 3.63) is 56.2 Å². The molecule has 1 atom stereocenters. The number of aryl methyl sites for hydroxylation is 2. The molecule has 3 heteroatoms. The molecule has 1 aromatic heterocycles. The molecule has 16 heavy (non-hydrogen) atoms. The first-order chi connectivity index (χ1) is 7.59. The third kappa shape index (κ3) is 2.34. The Morgan fingerprint density at radius 3 is 2.56 bits per heavy atom. The van der Waals surface area contributed by atoms with E-state index in [1.54, 1.807) is 11.3 Å². The summed E-state index contributed by atoms with van der Waals surface area (Å²) in [6.45, 7) is 4.15. The minimum atomic E-state index is 0.193. The number of halogens is 2. The van der Waals surface area contributed by atoms with Gasteiger partial charge in [0.1, 0.15) is 0 Å². The first kappa shape index (κ1) is 12.2. The largest absolute Gasteiger partial charge is 0.144 e. The summed E-state index contributed by atoms with van der Waals surface area (Å²) in [6, 6.07) is 10.4. The maximum absolute atomic E-state index is 6.32. The van der Waals surface area contributed by atoms with E-state index in [-0.39, 0.29) is 4.83 Å². The summed E-state index contributed by atoms with van der Waals surface area (Å²) >= 11 is 11.8. The average Bonchev–Trinajstić information content (AvgIpc) is 2.68. The van der Waals surface area contributed by atoms with Gasteiger partial charge < -0.3 is 0 Å². The van der Waals surface area contributed by atoms with Crippen molar-refractivity contribution in [2.24, 2.45) is 0 Å². The third-order valence-corrected chi connectivity index (χ3v) is 5.38. The predicted molar refractivity (Wildman–Crippen MR) is 76.0 cm³/mol. The van der Waals surface area contributed by atoms with E-state index in [9.17, 15) is 0 Å². The van der Waals surface area contributed by atoms with Gasteiger partial charge >= 0.3 is 0 Å². The van der Waals surface area contributed by atoms with Crippen LogP contribution in [0, 0.1) is 13.8 Å². The van der Waals surface area contributed by atoms with Crippen molar-refractivity contribution in [2.75, 3.05) is 0 Å². The van der Waals surface area contributed by atoms with E-state index in [0.717, 1.165) is 16.1 Å². The maximum atomic E-state index is 6.32. The fourth-order valence-electron chi connectivity index (χ4n) is 1.61. The monoisotopic (exact) mass is 314 g/mol. The molecule has 0 spiro atoms. The summed E-state index contributed by atoms with van der Waals surface area (Å²) in [4.78, 5) is 2.81. The number of rotatable bonds is 2. The summed E-state index contributed by atoms with van der Waals surface area (Å²) in [5.41, 5.74) is 2.26. The Hall–Kier alpha value is -0.310. The third-order valence-electron chi connectivity index (χ3n) is 2.51. The van der Waals surface area contributed by atoms with Gasteiger partial charge in [0, 0.05) is 14.8 Å². The normalized spacial score (nSPS) is 12.8. The molecule has 1 unspecified atom stereocenters. The lowest BCUT2D eigenvalue weighted by molar-refractivity contribution is 1.21. The number of benzene rings is 1. The highest BCUT2D eigenvalue weighted by Gasteiger charge is 2.15. The minimum absolute atomic E-state index is 0.193. The molecule has 0 radical (unpaired) electrons. The van der Waals surface area contributed by atoms with Gasteiger partial charge in [-0.1, -0.05) is 45.7 Å². The molecule has 0 fully saturated rings. The lowest BCUT2D eigenvalue weighted by Gasteiger charge is -2.11. The smallest absolute Gasteiger partial charge is 0.0752 e. The highest BCUT2D eigenvalue weighted by Crippen LogP contribution is 2.39. The van der Waals surface area contributed by atoms with E-state index in [1.165, 1.54) is 9.75 Å². The van der Waals surface area contributed by atoms with Crippen LogP contribution in [0.3, 0.4) is 0 Å². The minimum Gasteiger partial charge on any atom is -0.144 e. The maximum Gasteiger partial charge on any atom is 0.0752 e. The Labute approximate surface area is 113 Å². The van der Waals surface area contributed by atoms with Crippen LogP contribution >= 0.6 is 38.9 Å². The van der Waals surface area contributed by atoms with Gasteiger partial charge in [0.2, 0.25) is 0 Å². The topological polar surface area (TPSA) is 0 Å². The molecule has 1 heterocycles. The Bertz CT molecular complexity index is 504. The Morgan fingerprint density at radius 1 is 1.19 bits per heavy atom. The van der Waals surface area contributed by atoms with Crippen LogP contribution in [0.1, 0.15) is 25.7 Å². The predicted octanol–water partition coefficient (Wildman–Crippen LogP) is 5.50. The number of hydrogen-bond acceptors (Lipinski definition) is 1. The molecule has 0 aliphatic heterocycles. The van der Waals surface area contributed by atoms with Crippen molar-refractivity contribution in [3.8, 4) is 0 Å². The first-order valence-electron chi connectivity index (χ1n) is 5.05. The van der Waals surface area contributed by atoms with Crippen LogP contribution in [0.2, 0.25) is 5.02 Å². The molecule has 2 rings (SSSR count). The molecule has 0 aliphatic rings. The molecule has 0 saturated carbocycles. The summed E-state index contributed by atoms with van der Waals surface area (Å²) < 4.78 is 0. The number of thiophene rings is 1. The van der Waals surface area contributed by atoms with Gasteiger partial charge in [-0.05, 0) is 37.1 Å². The zero-order valence-corrected chi connectivity index (χ0v) is 12.3. The molecule has 0 saturated heterocycles. The molecule has 1 aromatic carbocycles. The van der Waals surface area contributed by atoms with Crippen molar-refractivity contribution < 1.29 is 0 Å². The van der Waals surface area contributed by atoms with Gasteiger partial charge in [-0.15, -0.1) is 11.3 Å². The van der Waals surface area contributed by atoms with E-state index in [2.05, 4.69) is 41.1 Å². The van der Waals surface area contributed by atoms with Crippen LogP contribution < -0.4 is 0 Å². The van der Waals surface area contributed by atoms with Crippen LogP contribution in [0.15, 0.2) is 30.3 Å². The van der Waals surface area contributed by atoms with E-state index < -0.39 is 0 Å². The summed E-state index contributed by atoms with van der Waals surface area (Å²) in [5.74, 6) is 0. The molecule has 0 aliphatic carbocycles. The quantitative estimate of drug-likeness (QED) is 0.642. The van der Waals surface area contributed by atoms with Crippen molar-refractivity contribution in [2.45, 2.75) is 18.7 Å². The molecule has 0 N–H and O–H groups in total. The fourth-order valence-corrected chi connectivity index (χ4v) is 3.66. The zero-order valence-electron chi connectivity index (χ0n) is 9.13. The van der Waals surface area contributed by atoms with Crippen LogP contribution in [0.25, 0.3) is 0 Å². The molecule has 0 bridgehead atoms. The summed E-state index contributed by atoms with van der Waals surface area (Å²) in [5, 5.41) is 0.857. The van der Waals surface area contributed by atoms with E-state index >= 15 is 0 Å². The number of alkyl halides is 1. The van der Waals surface area contributed by atoms with Gasteiger partial charge in [-0.3, -0.25) is 0 Å². The second-order valence-electron chi connectivity index (χ2n) is 3.79. The fraction of sp³-hybridized carbons (Fsp3) is 0.231. The summed E-state index contributed by atoms with van der Waals surface area (Å²) in [6.07, 6.45) is 0. The molecule has 0 nitrogen and oxygen atoms in total. The molecule has 84 valence electrons. The zero-order chi connectivity index (χ0) is 11.7. The van der Waals surface area contributed by atoms with Crippen LogP contribution in [-0.2, 0) is 0 Å². The summed E-state index contributed by atoms with van der Waals surface area (Å²) in [7, 11) is 0. The van der Waals surface area contributed by atoms with Crippen LogP contribution in [0.4, 0.5) is 0 Å².